The van der Waals surface area contributed by atoms with Crippen molar-refractivity contribution >= 4 is 11.7 Å². The summed E-state index contributed by atoms with van der Waals surface area (Å²) in [5.74, 6) is -1.46. The Hall–Kier alpha value is -1.83. The average Bonchev–Trinajstić information content (AvgIpc) is 2.25. The van der Waals surface area contributed by atoms with E-state index in [2.05, 4.69) is 4.98 Å². The highest BCUT2D eigenvalue weighted by molar-refractivity contribution is 5.96. The van der Waals surface area contributed by atoms with Crippen LogP contribution in [0.5, 0.6) is 0 Å². The molecule has 19 heavy (non-hydrogen) atoms. The van der Waals surface area contributed by atoms with Crippen LogP contribution in [0.15, 0.2) is 0 Å². The number of fused-ring (bicyclic) bond motifs is 1. The Morgan fingerprint density at radius 1 is 1.47 bits per heavy atom. The minimum atomic E-state index is -4.76. The highest BCUT2D eigenvalue weighted by Gasteiger charge is 2.39. The number of hydrogen-bond acceptors (Lipinski definition) is 4. The molecule has 8 heteroatoms. The SMILES string of the molecule is CN1CCc2nc(C(F)(F)F)c(N)c(C(=O)O)c2C1. The van der Waals surface area contributed by atoms with Gasteiger partial charge in [0.25, 0.3) is 0 Å². The molecule has 2 heterocycles. The predicted molar refractivity (Wildman–Crippen MR) is 60.6 cm³/mol. The zero-order chi connectivity index (χ0) is 14.4. The fourth-order valence-electron chi connectivity index (χ4n) is 2.17. The van der Waals surface area contributed by atoms with Crippen LogP contribution in [0.1, 0.15) is 27.3 Å². The maximum absolute atomic E-state index is 12.8. The van der Waals surface area contributed by atoms with E-state index in [-0.39, 0.29) is 24.2 Å². The van der Waals surface area contributed by atoms with Crippen LogP contribution in [0.4, 0.5) is 18.9 Å². The largest absolute Gasteiger partial charge is 0.478 e. The normalized spacial score (nSPS) is 16.2. The summed E-state index contributed by atoms with van der Waals surface area (Å²) in [5.41, 5.74) is 3.19. The van der Waals surface area contributed by atoms with Gasteiger partial charge >= 0.3 is 12.1 Å². The number of halogens is 3. The summed E-state index contributed by atoms with van der Waals surface area (Å²) < 4.78 is 38.4. The van der Waals surface area contributed by atoms with Gasteiger partial charge in [-0.25, -0.2) is 9.78 Å². The number of carboxylic acid groups (broad SMARTS) is 1. The van der Waals surface area contributed by atoms with E-state index in [1.807, 2.05) is 4.90 Å². The van der Waals surface area contributed by atoms with E-state index in [1.165, 1.54) is 0 Å². The molecule has 1 aliphatic rings. The lowest BCUT2D eigenvalue weighted by atomic mass is 9.97. The minimum Gasteiger partial charge on any atom is -0.478 e. The number of aromatic carboxylic acids is 1. The van der Waals surface area contributed by atoms with Gasteiger partial charge in [-0.05, 0) is 7.05 Å². The van der Waals surface area contributed by atoms with Gasteiger partial charge in [-0.1, -0.05) is 0 Å². The Kier molecular flexibility index (Phi) is 3.13. The van der Waals surface area contributed by atoms with Gasteiger partial charge < -0.3 is 15.7 Å². The Labute approximate surface area is 106 Å². The number of rotatable bonds is 1. The smallest absolute Gasteiger partial charge is 0.435 e. The molecule has 1 aliphatic heterocycles. The number of alkyl halides is 3. The minimum absolute atomic E-state index is 0.164. The molecule has 1 aromatic heterocycles. The van der Waals surface area contributed by atoms with Crippen molar-refractivity contribution in [3.05, 3.63) is 22.5 Å². The molecule has 5 nitrogen and oxygen atoms in total. The fourth-order valence-corrected chi connectivity index (χ4v) is 2.17. The molecule has 0 saturated carbocycles. The number of nitrogens with two attached hydrogens (primary N) is 1. The lowest BCUT2D eigenvalue weighted by molar-refractivity contribution is -0.140. The molecular weight excluding hydrogens is 263 g/mol. The molecule has 0 unspecified atom stereocenters. The van der Waals surface area contributed by atoms with Crippen LogP contribution in [-0.4, -0.2) is 34.6 Å². The highest BCUT2D eigenvalue weighted by atomic mass is 19.4. The third-order valence-electron chi connectivity index (χ3n) is 3.06. The van der Waals surface area contributed by atoms with E-state index in [0.29, 0.717) is 6.54 Å². The van der Waals surface area contributed by atoms with Crippen LogP contribution in [0.25, 0.3) is 0 Å². The van der Waals surface area contributed by atoms with Crippen LogP contribution < -0.4 is 5.73 Å². The summed E-state index contributed by atoms with van der Waals surface area (Å²) in [6, 6.07) is 0. The summed E-state index contributed by atoms with van der Waals surface area (Å²) in [6.07, 6.45) is -4.48. The molecule has 1 aromatic rings. The van der Waals surface area contributed by atoms with Gasteiger partial charge in [0.1, 0.15) is 0 Å². The van der Waals surface area contributed by atoms with Gasteiger partial charge in [0.15, 0.2) is 5.69 Å². The summed E-state index contributed by atoms with van der Waals surface area (Å²) in [4.78, 5) is 16.5. The lowest BCUT2D eigenvalue weighted by Gasteiger charge is -2.27. The number of likely N-dealkylation sites (N-methyl/N-ethyl adjacent to an activating group) is 1. The maximum Gasteiger partial charge on any atom is 0.435 e. The Morgan fingerprint density at radius 3 is 2.63 bits per heavy atom. The molecule has 0 spiro atoms. The quantitative estimate of drug-likeness (QED) is 0.809. The van der Waals surface area contributed by atoms with E-state index in [0.717, 1.165) is 0 Å². The highest BCUT2D eigenvalue weighted by Crippen LogP contribution is 2.36. The average molecular weight is 275 g/mol. The van der Waals surface area contributed by atoms with E-state index >= 15 is 0 Å². The number of anilines is 1. The third kappa shape index (κ3) is 2.35. The van der Waals surface area contributed by atoms with Gasteiger partial charge in [0.05, 0.1) is 11.3 Å². The first-order chi connectivity index (χ1) is 8.71. The first-order valence-corrected chi connectivity index (χ1v) is 5.52. The van der Waals surface area contributed by atoms with Crippen LogP contribution in [0, 0.1) is 0 Å². The lowest BCUT2D eigenvalue weighted by Crippen LogP contribution is -2.31. The zero-order valence-electron chi connectivity index (χ0n) is 10.1. The van der Waals surface area contributed by atoms with Crippen molar-refractivity contribution in [2.24, 2.45) is 0 Å². The number of nitrogens with zero attached hydrogens (tertiary/aromatic N) is 2. The summed E-state index contributed by atoms with van der Waals surface area (Å²) >= 11 is 0. The summed E-state index contributed by atoms with van der Waals surface area (Å²) in [7, 11) is 1.75. The summed E-state index contributed by atoms with van der Waals surface area (Å²) in [6.45, 7) is 0.757. The predicted octanol–water partition coefficient (Wildman–Crippen LogP) is 1.37. The van der Waals surface area contributed by atoms with Crippen molar-refractivity contribution in [1.29, 1.82) is 0 Å². The fraction of sp³-hybridized carbons (Fsp3) is 0.455. The van der Waals surface area contributed by atoms with E-state index < -0.39 is 29.1 Å². The van der Waals surface area contributed by atoms with Crippen molar-refractivity contribution < 1.29 is 23.1 Å². The molecular formula is C11H12F3N3O2. The standard InChI is InChI=1S/C11H12F3N3O2/c1-17-3-2-6-5(4-17)7(10(18)19)8(15)9(16-6)11(12,13)14/h2-4,15H2,1H3,(H,18,19). The van der Waals surface area contributed by atoms with Crippen molar-refractivity contribution in [3.8, 4) is 0 Å². The molecule has 0 radical (unpaired) electrons. The van der Waals surface area contributed by atoms with Crippen molar-refractivity contribution in [1.82, 2.24) is 9.88 Å². The van der Waals surface area contributed by atoms with E-state index in [1.54, 1.807) is 7.05 Å². The first-order valence-electron chi connectivity index (χ1n) is 5.52. The number of carboxylic acids is 1. The maximum atomic E-state index is 12.8. The van der Waals surface area contributed by atoms with E-state index in [9.17, 15) is 18.0 Å². The molecule has 3 N–H and O–H groups in total. The number of pyridine rings is 1. The Bertz CT molecular complexity index is 543. The molecule has 0 aromatic carbocycles. The first kappa shape index (κ1) is 13.6. The molecule has 0 aliphatic carbocycles. The van der Waals surface area contributed by atoms with Crippen LogP contribution in [0.3, 0.4) is 0 Å². The summed E-state index contributed by atoms with van der Waals surface area (Å²) in [5, 5.41) is 9.10. The Morgan fingerprint density at radius 2 is 2.11 bits per heavy atom. The molecule has 0 fully saturated rings. The molecule has 0 saturated heterocycles. The van der Waals surface area contributed by atoms with Crippen molar-refractivity contribution in [2.75, 3.05) is 19.3 Å². The number of aromatic nitrogens is 1. The van der Waals surface area contributed by atoms with Gasteiger partial charge in [0.2, 0.25) is 0 Å². The van der Waals surface area contributed by atoms with Crippen molar-refractivity contribution in [2.45, 2.75) is 19.1 Å². The van der Waals surface area contributed by atoms with Crippen molar-refractivity contribution in [3.63, 3.8) is 0 Å². The number of hydrogen-bond donors (Lipinski definition) is 2. The van der Waals surface area contributed by atoms with Crippen LogP contribution in [-0.2, 0) is 19.1 Å². The number of nitrogen functional groups attached to an aromatic ring is 1. The van der Waals surface area contributed by atoms with Crippen LogP contribution >= 0.6 is 0 Å². The van der Waals surface area contributed by atoms with Gasteiger partial charge in [-0.15, -0.1) is 0 Å². The second kappa shape index (κ2) is 4.37. The monoisotopic (exact) mass is 275 g/mol. The molecule has 104 valence electrons. The topological polar surface area (TPSA) is 79.5 Å². The second-order valence-corrected chi connectivity index (χ2v) is 4.47. The van der Waals surface area contributed by atoms with E-state index in [4.69, 9.17) is 10.8 Å². The van der Waals surface area contributed by atoms with Gasteiger partial charge in [-0.3, -0.25) is 0 Å². The van der Waals surface area contributed by atoms with Crippen LogP contribution in [0.2, 0.25) is 0 Å². The molecule has 0 atom stereocenters. The zero-order valence-corrected chi connectivity index (χ0v) is 10.1. The third-order valence-corrected chi connectivity index (χ3v) is 3.06. The Balaban J connectivity index is 2.71. The second-order valence-electron chi connectivity index (χ2n) is 4.47. The number of carbonyl (C=O) groups is 1. The van der Waals surface area contributed by atoms with Gasteiger partial charge in [-0.2, -0.15) is 13.2 Å². The molecule has 0 amide bonds. The molecule has 2 rings (SSSR count). The van der Waals surface area contributed by atoms with Gasteiger partial charge in [0, 0.05) is 30.8 Å². The molecule has 0 bridgehead atoms.